The summed E-state index contributed by atoms with van der Waals surface area (Å²) in [5.41, 5.74) is 0. The Morgan fingerprint density at radius 3 is 2.14 bits per heavy atom. The van der Waals surface area contributed by atoms with E-state index in [0.717, 1.165) is 5.33 Å². The molecule has 7 heavy (non-hydrogen) atoms. The Morgan fingerprint density at radius 2 is 2.14 bits per heavy atom. The summed E-state index contributed by atoms with van der Waals surface area (Å²) in [6, 6.07) is 0. The first-order valence-corrected chi connectivity index (χ1v) is 3.89. The average Bonchev–Trinajstić information content (AvgIpc) is 1.68. The van der Waals surface area contributed by atoms with E-state index in [9.17, 15) is 0 Å². The van der Waals surface area contributed by atoms with Crippen LogP contribution >= 0.6 is 31.9 Å². The fourth-order valence-corrected chi connectivity index (χ4v) is 0.220. The van der Waals surface area contributed by atoms with Gasteiger partial charge in [0.2, 0.25) is 0 Å². The Kier molecular flexibility index (Phi) is 3.45. The Hall–Kier alpha value is 0.920. The summed E-state index contributed by atoms with van der Waals surface area (Å²) in [5.74, 6) is 0. The van der Waals surface area contributed by atoms with E-state index in [4.69, 9.17) is 5.11 Å². The molecule has 0 rings (SSSR count). The highest BCUT2D eigenvalue weighted by Crippen LogP contribution is 2.17. The summed E-state index contributed by atoms with van der Waals surface area (Å²) >= 11 is 6.51. The molecule has 0 saturated heterocycles. The summed E-state index contributed by atoms with van der Waals surface area (Å²) in [7, 11) is 0. The van der Waals surface area contributed by atoms with Gasteiger partial charge >= 0.3 is 0 Å². The van der Waals surface area contributed by atoms with Gasteiger partial charge in [-0.05, 0) is 6.92 Å². The second kappa shape index (κ2) is 3.05. The van der Waals surface area contributed by atoms with Gasteiger partial charge in [0.15, 0.2) is 0 Å². The molecule has 0 saturated carbocycles. The molecule has 0 aliphatic carbocycles. The van der Waals surface area contributed by atoms with Crippen molar-refractivity contribution in [2.24, 2.45) is 0 Å². The molecule has 0 bridgehead atoms. The monoisotopic (exact) mass is 230 g/mol. The minimum Gasteiger partial charge on any atom is -0.395 e. The largest absolute Gasteiger partial charge is 0.395 e. The summed E-state index contributed by atoms with van der Waals surface area (Å²) in [6.45, 7) is 2.08. The van der Waals surface area contributed by atoms with Crippen molar-refractivity contribution in [1.82, 2.24) is 0 Å². The lowest BCUT2D eigenvalue weighted by atomic mass is 10.2. The van der Waals surface area contributed by atoms with E-state index in [0.29, 0.717) is 0 Å². The SMILES string of the molecule is CC(Br)(CO)CBr. The number of hydrogen-bond donors (Lipinski definition) is 1. The Labute approximate surface area is 60.4 Å². The van der Waals surface area contributed by atoms with Crippen molar-refractivity contribution in [2.75, 3.05) is 11.9 Å². The van der Waals surface area contributed by atoms with Crippen LogP contribution in [0.25, 0.3) is 0 Å². The van der Waals surface area contributed by atoms with Crippen LogP contribution in [0.1, 0.15) is 6.92 Å². The molecular weight excluding hydrogens is 224 g/mol. The van der Waals surface area contributed by atoms with Crippen LogP contribution in [-0.4, -0.2) is 21.4 Å². The van der Waals surface area contributed by atoms with Gasteiger partial charge in [-0.15, -0.1) is 0 Å². The van der Waals surface area contributed by atoms with Crippen molar-refractivity contribution in [3.63, 3.8) is 0 Å². The van der Waals surface area contributed by atoms with E-state index in [1.807, 2.05) is 6.92 Å². The summed E-state index contributed by atoms with van der Waals surface area (Å²) < 4.78 is -0.132. The highest BCUT2D eigenvalue weighted by atomic mass is 79.9. The number of hydrogen-bond acceptors (Lipinski definition) is 1. The topological polar surface area (TPSA) is 20.2 Å². The highest BCUT2D eigenvalue weighted by molar-refractivity contribution is 9.12. The molecule has 0 aliphatic rings. The number of aliphatic hydroxyl groups is 1. The molecule has 3 heteroatoms. The van der Waals surface area contributed by atoms with Crippen molar-refractivity contribution >= 4 is 31.9 Å². The van der Waals surface area contributed by atoms with Gasteiger partial charge in [0.1, 0.15) is 0 Å². The standard InChI is InChI=1S/C4H8Br2O/c1-4(6,2-5)3-7/h7H,2-3H2,1H3. The molecule has 0 radical (unpaired) electrons. The van der Waals surface area contributed by atoms with E-state index >= 15 is 0 Å². The Balaban J connectivity index is 3.36. The maximum absolute atomic E-state index is 8.52. The first-order chi connectivity index (χ1) is 3.12. The van der Waals surface area contributed by atoms with Gasteiger partial charge in [-0.1, -0.05) is 31.9 Å². The van der Waals surface area contributed by atoms with E-state index in [2.05, 4.69) is 31.9 Å². The third-order valence-corrected chi connectivity index (χ3v) is 3.13. The molecule has 0 spiro atoms. The fourth-order valence-electron chi connectivity index (χ4n) is 0.0423. The van der Waals surface area contributed by atoms with Crippen molar-refractivity contribution in [3.8, 4) is 0 Å². The molecule has 0 aromatic rings. The van der Waals surface area contributed by atoms with E-state index in [1.165, 1.54) is 0 Å². The molecule has 1 unspecified atom stereocenters. The maximum atomic E-state index is 8.52. The normalized spacial score (nSPS) is 18.9. The molecule has 0 fully saturated rings. The van der Waals surface area contributed by atoms with Gasteiger partial charge in [-0.2, -0.15) is 0 Å². The van der Waals surface area contributed by atoms with Crippen molar-refractivity contribution in [3.05, 3.63) is 0 Å². The fraction of sp³-hybridized carbons (Fsp3) is 1.00. The van der Waals surface area contributed by atoms with Crippen molar-refractivity contribution in [1.29, 1.82) is 0 Å². The molecular formula is C4H8Br2O. The lowest BCUT2D eigenvalue weighted by Crippen LogP contribution is -2.22. The lowest BCUT2D eigenvalue weighted by Gasteiger charge is -2.13. The smallest absolute Gasteiger partial charge is 0.0590 e. The molecule has 44 valence electrons. The Bertz CT molecular complexity index is 47.7. The van der Waals surface area contributed by atoms with Crippen LogP contribution in [0.4, 0.5) is 0 Å². The molecule has 1 nitrogen and oxygen atoms in total. The van der Waals surface area contributed by atoms with Gasteiger partial charge in [0, 0.05) is 5.33 Å². The zero-order chi connectivity index (χ0) is 5.91. The first kappa shape index (κ1) is 7.92. The minimum absolute atomic E-state index is 0.132. The summed E-state index contributed by atoms with van der Waals surface area (Å²) in [5, 5.41) is 9.29. The van der Waals surface area contributed by atoms with Gasteiger partial charge in [0.05, 0.1) is 10.9 Å². The summed E-state index contributed by atoms with van der Waals surface area (Å²) in [6.07, 6.45) is 0. The van der Waals surface area contributed by atoms with E-state index in [-0.39, 0.29) is 10.9 Å². The second-order valence-electron chi connectivity index (χ2n) is 1.71. The van der Waals surface area contributed by atoms with Crippen LogP contribution in [0, 0.1) is 0 Å². The summed E-state index contributed by atoms with van der Waals surface area (Å²) in [4.78, 5) is 0. The zero-order valence-electron chi connectivity index (χ0n) is 4.12. The Morgan fingerprint density at radius 1 is 1.71 bits per heavy atom. The van der Waals surface area contributed by atoms with Gasteiger partial charge in [-0.25, -0.2) is 0 Å². The zero-order valence-corrected chi connectivity index (χ0v) is 7.29. The second-order valence-corrected chi connectivity index (χ2v) is 4.18. The molecule has 0 heterocycles. The molecule has 1 N–H and O–H groups in total. The molecule has 0 aliphatic heterocycles. The van der Waals surface area contributed by atoms with Crippen LogP contribution in [0.15, 0.2) is 0 Å². The first-order valence-electron chi connectivity index (χ1n) is 1.98. The van der Waals surface area contributed by atoms with Gasteiger partial charge in [0.25, 0.3) is 0 Å². The average molecular weight is 232 g/mol. The lowest BCUT2D eigenvalue weighted by molar-refractivity contribution is 0.270. The molecule has 0 amide bonds. The number of alkyl halides is 2. The maximum Gasteiger partial charge on any atom is 0.0590 e. The van der Waals surface area contributed by atoms with Crippen molar-refractivity contribution < 1.29 is 5.11 Å². The van der Waals surface area contributed by atoms with Crippen LogP contribution in [0.3, 0.4) is 0 Å². The predicted octanol–water partition coefficient (Wildman–Crippen LogP) is 1.53. The minimum atomic E-state index is -0.132. The van der Waals surface area contributed by atoms with E-state index in [1.54, 1.807) is 0 Å². The highest BCUT2D eigenvalue weighted by Gasteiger charge is 2.15. The third kappa shape index (κ3) is 3.50. The van der Waals surface area contributed by atoms with Crippen LogP contribution in [0.5, 0.6) is 0 Å². The van der Waals surface area contributed by atoms with Gasteiger partial charge in [-0.3, -0.25) is 0 Å². The number of rotatable bonds is 2. The molecule has 1 atom stereocenters. The van der Waals surface area contributed by atoms with Crippen LogP contribution in [-0.2, 0) is 0 Å². The quantitative estimate of drug-likeness (QED) is 0.715. The van der Waals surface area contributed by atoms with Crippen LogP contribution in [0.2, 0.25) is 0 Å². The van der Waals surface area contributed by atoms with Crippen molar-refractivity contribution in [2.45, 2.75) is 11.2 Å². The molecule has 0 aromatic heterocycles. The van der Waals surface area contributed by atoms with Crippen LogP contribution < -0.4 is 0 Å². The predicted molar refractivity (Wildman–Crippen MR) is 38.2 cm³/mol. The molecule has 0 aromatic carbocycles. The number of halogens is 2. The van der Waals surface area contributed by atoms with E-state index < -0.39 is 0 Å². The third-order valence-electron chi connectivity index (χ3n) is 0.608. The number of aliphatic hydroxyl groups excluding tert-OH is 1. The van der Waals surface area contributed by atoms with Gasteiger partial charge < -0.3 is 5.11 Å².